The molecule has 0 radical (unpaired) electrons. The minimum absolute atomic E-state index is 0.118. The fraction of sp³-hybridized carbons (Fsp3) is 0.150. The Labute approximate surface area is 170 Å². The third-order valence-corrected chi connectivity index (χ3v) is 4.96. The summed E-state index contributed by atoms with van der Waals surface area (Å²) in [5.74, 6) is -1.41. The number of rotatable bonds is 5. The molecular formula is C20H14BrF5N2O. The first-order valence-corrected chi connectivity index (χ1v) is 9.17. The second-order valence-corrected chi connectivity index (χ2v) is 7.05. The van der Waals surface area contributed by atoms with Crippen molar-refractivity contribution in [2.75, 3.05) is 5.32 Å². The third-order valence-electron chi connectivity index (χ3n) is 4.19. The van der Waals surface area contributed by atoms with Crippen molar-refractivity contribution in [3.05, 3.63) is 97.9 Å². The van der Waals surface area contributed by atoms with Gasteiger partial charge in [0.2, 0.25) is 0 Å². The van der Waals surface area contributed by atoms with E-state index in [9.17, 15) is 26.7 Å². The first kappa shape index (κ1) is 21.0. The summed E-state index contributed by atoms with van der Waals surface area (Å²) in [7, 11) is 0. The van der Waals surface area contributed by atoms with E-state index in [1.165, 1.54) is 35.0 Å². The van der Waals surface area contributed by atoms with Crippen molar-refractivity contribution in [2.24, 2.45) is 0 Å². The molecule has 0 saturated heterocycles. The maximum absolute atomic E-state index is 13.3. The number of hydrogen-bond donors (Lipinski definition) is 1. The molecule has 3 aromatic rings. The van der Waals surface area contributed by atoms with E-state index in [0.29, 0.717) is 11.6 Å². The molecule has 1 heterocycles. The number of nitrogens with one attached hydrogen (secondary N) is 1. The number of halogens is 6. The number of nitrogens with zero attached hydrogens (tertiary/aromatic N) is 1. The normalized spacial score (nSPS) is 11.5. The molecule has 29 heavy (non-hydrogen) atoms. The highest BCUT2D eigenvalue weighted by molar-refractivity contribution is 9.10. The quantitative estimate of drug-likeness (QED) is 0.492. The smallest absolute Gasteiger partial charge is 0.380 e. The fourth-order valence-corrected chi connectivity index (χ4v) is 3.30. The second kappa shape index (κ2) is 8.36. The molecule has 2 aromatic carbocycles. The molecule has 0 unspecified atom stereocenters. The van der Waals surface area contributed by atoms with Crippen molar-refractivity contribution in [2.45, 2.75) is 19.3 Å². The molecule has 0 aliphatic rings. The Bertz CT molecular complexity index is 1090. The van der Waals surface area contributed by atoms with Crippen LogP contribution >= 0.6 is 15.9 Å². The van der Waals surface area contributed by atoms with Crippen molar-refractivity contribution < 1.29 is 22.0 Å². The second-order valence-electron chi connectivity index (χ2n) is 6.26. The van der Waals surface area contributed by atoms with Crippen molar-refractivity contribution in [1.29, 1.82) is 0 Å². The molecule has 3 rings (SSSR count). The first-order valence-electron chi connectivity index (χ1n) is 8.38. The van der Waals surface area contributed by atoms with Crippen LogP contribution in [0.1, 0.15) is 16.7 Å². The lowest BCUT2D eigenvalue weighted by molar-refractivity contribution is -0.138. The van der Waals surface area contributed by atoms with Crippen LogP contribution in [0.2, 0.25) is 0 Å². The molecule has 0 aliphatic carbocycles. The van der Waals surface area contributed by atoms with Crippen LogP contribution in [0.3, 0.4) is 0 Å². The third kappa shape index (κ3) is 5.03. The maximum atomic E-state index is 13.3. The molecule has 0 amide bonds. The summed E-state index contributed by atoms with van der Waals surface area (Å²) in [5.41, 5.74) is -0.812. The van der Waals surface area contributed by atoms with Crippen molar-refractivity contribution in [3.8, 4) is 0 Å². The minimum Gasteiger partial charge on any atom is -0.380 e. The van der Waals surface area contributed by atoms with Crippen LogP contribution in [-0.2, 0) is 19.3 Å². The van der Waals surface area contributed by atoms with E-state index in [1.807, 2.05) is 0 Å². The van der Waals surface area contributed by atoms with E-state index in [-0.39, 0.29) is 28.8 Å². The number of aromatic nitrogens is 1. The van der Waals surface area contributed by atoms with E-state index in [4.69, 9.17) is 0 Å². The molecule has 0 spiro atoms. The molecule has 0 fully saturated rings. The molecule has 1 N–H and O–H groups in total. The van der Waals surface area contributed by atoms with Crippen LogP contribution in [0.5, 0.6) is 0 Å². The Hall–Kier alpha value is -2.68. The zero-order valence-electron chi connectivity index (χ0n) is 14.7. The van der Waals surface area contributed by atoms with Crippen LogP contribution in [0.25, 0.3) is 0 Å². The lowest BCUT2D eigenvalue weighted by atomic mass is 10.1. The molecule has 3 nitrogen and oxygen atoms in total. The largest absolute Gasteiger partial charge is 0.416 e. The van der Waals surface area contributed by atoms with Gasteiger partial charge in [-0.3, -0.25) is 4.79 Å². The number of pyridine rings is 1. The molecule has 0 saturated carbocycles. The zero-order valence-corrected chi connectivity index (χ0v) is 16.3. The summed E-state index contributed by atoms with van der Waals surface area (Å²) in [6.45, 7) is -0.132. The molecule has 9 heteroatoms. The van der Waals surface area contributed by atoms with Gasteiger partial charge in [-0.1, -0.05) is 18.2 Å². The van der Waals surface area contributed by atoms with Crippen molar-refractivity contribution in [1.82, 2.24) is 4.57 Å². The predicted octanol–water partition coefficient (Wildman–Crippen LogP) is 5.57. The van der Waals surface area contributed by atoms with Crippen LogP contribution in [0, 0.1) is 11.6 Å². The summed E-state index contributed by atoms with van der Waals surface area (Å²) >= 11 is 3.15. The number of benzene rings is 2. The van der Waals surface area contributed by atoms with E-state index in [0.717, 1.165) is 12.1 Å². The lowest BCUT2D eigenvalue weighted by Gasteiger charge is -2.15. The van der Waals surface area contributed by atoms with Gasteiger partial charge in [0.25, 0.3) is 5.56 Å². The highest BCUT2D eigenvalue weighted by atomic mass is 79.9. The SMILES string of the molecule is O=c1c(Br)c(NCc2ccc(F)cc2C(F)(F)F)ccn1Cc1cccc(F)c1. The Kier molecular flexibility index (Phi) is 6.07. The van der Waals surface area contributed by atoms with Gasteiger partial charge in [0.1, 0.15) is 16.1 Å². The molecular weight excluding hydrogens is 459 g/mol. The maximum Gasteiger partial charge on any atom is 0.416 e. The van der Waals surface area contributed by atoms with Crippen LogP contribution in [0.15, 0.2) is 64.0 Å². The Balaban J connectivity index is 1.81. The van der Waals surface area contributed by atoms with Crippen LogP contribution < -0.4 is 10.9 Å². The molecule has 0 atom stereocenters. The summed E-state index contributed by atoms with van der Waals surface area (Å²) < 4.78 is 67.3. The molecule has 0 aliphatic heterocycles. The lowest BCUT2D eigenvalue weighted by Crippen LogP contribution is -2.22. The highest BCUT2D eigenvalue weighted by Crippen LogP contribution is 2.33. The highest BCUT2D eigenvalue weighted by Gasteiger charge is 2.33. The Morgan fingerprint density at radius 3 is 2.41 bits per heavy atom. The van der Waals surface area contributed by atoms with E-state index < -0.39 is 28.9 Å². The monoisotopic (exact) mass is 472 g/mol. The van der Waals surface area contributed by atoms with Gasteiger partial charge in [-0.15, -0.1) is 0 Å². The summed E-state index contributed by atoms with van der Waals surface area (Å²) in [5, 5.41) is 2.76. The van der Waals surface area contributed by atoms with E-state index in [2.05, 4.69) is 21.2 Å². The number of hydrogen-bond acceptors (Lipinski definition) is 2. The van der Waals surface area contributed by atoms with Gasteiger partial charge in [0.15, 0.2) is 0 Å². The summed E-state index contributed by atoms with van der Waals surface area (Å²) in [6.07, 6.45) is -3.25. The number of alkyl halides is 3. The molecule has 1 aromatic heterocycles. The van der Waals surface area contributed by atoms with E-state index >= 15 is 0 Å². The molecule has 0 bridgehead atoms. The van der Waals surface area contributed by atoms with Crippen molar-refractivity contribution in [3.63, 3.8) is 0 Å². The summed E-state index contributed by atoms with van der Waals surface area (Å²) in [6, 6.07) is 9.73. The van der Waals surface area contributed by atoms with Gasteiger partial charge in [0, 0.05) is 12.7 Å². The van der Waals surface area contributed by atoms with Gasteiger partial charge in [-0.2, -0.15) is 13.2 Å². The Morgan fingerprint density at radius 2 is 1.72 bits per heavy atom. The van der Waals surface area contributed by atoms with Gasteiger partial charge in [-0.25, -0.2) is 8.78 Å². The van der Waals surface area contributed by atoms with Crippen molar-refractivity contribution >= 4 is 21.6 Å². The van der Waals surface area contributed by atoms with Gasteiger partial charge in [-0.05, 0) is 57.4 Å². The summed E-state index contributed by atoms with van der Waals surface area (Å²) in [4.78, 5) is 12.5. The van der Waals surface area contributed by atoms with Gasteiger partial charge >= 0.3 is 6.18 Å². The van der Waals surface area contributed by atoms with Crippen LogP contribution in [-0.4, -0.2) is 4.57 Å². The van der Waals surface area contributed by atoms with Gasteiger partial charge in [0.05, 0.1) is 17.8 Å². The average Bonchev–Trinajstić information content (AvgIpc) is 2.65. The zero-order chi connectivity index (χ0) is 21.2. The average molecular weight is 473 g/mol. The van der Waals surface area contributed by atoms with E-state index in [1.54, 1.807) is 6.07 Å². The van der Waals surface area contributed by atoms with Gasteiger partial charge < -0.3 is 9.88 Å². The predicted molar refractivity (Wildman–Crippen MR) is 103 cm³/mol. The fourth-order valence-electron chi connectivity index (χ4n) is 2.80. The first-order chi connectivity index (χ1) is 13.6. The van der Waals surface area contributed by atoms with Crippen LogP contribution in [0.4, 0.5) is 27.6 Å². The Morgan fingerprint density at radius 1 is 1.00 bits per heavy atom. The number of anilines is 1. The minimum atomic E-state index is -4.70. The topological polar surface area (TPSA) is 34.0 Å². The standard InChI is InChI=1S/C20H14BrF5N2O/c21-18-17(27-10-13-4-5-15(23)9-16(13)20(24,25)26)6-7-28(19(18)29)11-12-2-1-3-14(22)8-12/h1-9,27H,10-11H2. The molecule has 152 valence electrons.